The van der Waals surface area contributed by atoms with Crippen LogP contribution in [0.5, 0.6) is 5.75 Å². The van der Waals surface area contributed by atoms with Crippen molar-refractivity contribution in [2.45, 2.75) is 38.6 Å². The van der Waals surface area contributed by atoms with Gasteiger partial charge in [-0.15, -0.1) is 0 Å². The van der Waals surface area contributed by atoms with Crippen LogP contribution in [0.2, 0.25) is 5.02 Å². The second kappa shape index (κ2) is 10.2. The Balaban J connectivity index is 1.58. The lowest BCUT2D eigenvalue weighted by Crippen LogP contribution is -2.42. The quantitative estimate of drug-likeness (QED) is 0.443. The van der Waals surface area contributed by atoms with E-state index in [4.69, 9.17) is 16.3 Å². The van der Waals surface area contributed by atoms with Crippen LogP contribution in [0.3, 0.4) is 0 Å². The summed E-state index contributed by atoms with van der Waals surface area (Å²) in [6.45, 7) is 2.88. The third kappa shape index (κ3) is 5.35. The molecule has 1 aliphatic heterocycles. The van der Waals surface area contributed by atoms with Crippen molar-refractivity contribution in [3.8, 4) is 5.75 Å². The Kier molecular flexibility index (Phi) is 7.09. The molecule has 0 aliphatic carbocycles. The van der Waals surface area contributed by atoms with Crippen LogP contribution >= 0.6 is 11.6 Å². The molecule has 1 aliphatic rings. The van der Waals surface area contributed by atoms with Gasteiger partial charge in [0.1, 0.15) is 28.7 Å². The molecule has 1 amide bonds. The topological polar surface area (TPSA) is 125 Å². The van der Waals surface area contributed by atoms with Crippen LogP contribution < -0.4 is 20.3 Å². The molecule has 3 aromatic rings. The highest BCUT2D eigenvalue weighted by Gasteiger charge is 2.36. The number of carbonyl (C=O) groups is 1. The largest absolute Gasteiger partial charge is 0.495 e. The molecule has 1 atom stereocenters. The van der Waals surface area contributed by atoms with Crippen LogP contribution in [-0.4, -0.2) is 50.3 Å². The normalized spacial score (nSPS) is 17.5. The number of nitrogens with one attached hydrogen (secondary N) is 2. The number of aromatic nitrogens is 4. The second-order valence-corrected chi connectivity index (χ2v) is 8.48. The molecule has 4 rings (SSSR count). The minimum Gasteiger partial charge on any atom is -0.495 e. The molecule has 178 valence electrons. The third-order valence-electron chi connectivity index (χ3n) is 5.58. The summed E-state index contributed by atoms with van der Waals surface area (Å²) in [5.74, 6) is 1.38. The Labute approximate surface area is 202 Å². The van der Waals surface area contributed by atoms with Crippen LogP contribution in [-0.2, 0) is 13.1 Å². The molecule has 3 N–H and O–H groups in total. The van der Waals surface area contributed by atoms with Crippen molar-refractivity contribution in [2.24, 2.45) is 0 Å². The molecule has 0 radical (unpaired) electrons. The van der Waals surface area contributed by atoms with Gasteiger partial charge < -0.3 is 25.4 Å². The lowest BCUT2D eigenvalue weighted by Gasteiger charge is -2.30. The first-order valence-corrected chi connectivity index (χ1v) is 11.2. The summed E-state index contributed by atoms with van der Waals surface area (Å²) in [5.41, 5.74) is 0.0937. The fourth-order valence-corrected chi connectivity index (χ4v) is 4.03. The van der Waals surface area contributed by atoms with Crippen LogP contribution in [0, 0.1) is 0 Å². The molecule has 11 heteroatoms. The van der Waals surface area contributed by atoms with Gasteiger partial charge in [0.25, 0.3) is 5.91 Å². The molecule has 0 spiro atoms. The van der Waals surface area contributed by atoms with Gasteiger partial charge in [-0.1, -0.05) is 17.7 Å². The van der Waals surface area contributed by atoms with Gasteiger partial charge in [-0.05, 0) is 43.5 Å². The number of benzene rings is 1. The maximum absolute atomic E-state index is 13.0. The molecule has 3 heterocycles. The van der Waals surface area contributed by atoms with E-state index in [9.17, 15) is 9.90 Å². The van der Waals surface area contributed by atoms with Crippen LogP contribution in [0.1, 0.15) is 41.5 Å². The lowest BCUT2D eigenvalue weighted by molar-refractivity contribution is 0.0701. The fraction of sp³-hybridized carbons (Fsp3) is 0.348. The molecular formula is C23H26ClN7O3. The van der Waals surface area contributed by atoms with Crippen molar-refractivity contribution in [1.82, 2.24) is 25.3 Å². The number of nitrogens with zero attached hydrogens (tertiary/aromatic N) is 5. The van der Waals surface area contributed by atoms with Gasteiger partial charge >= 0.3 is 0 Å². The number of carbonyl (C=O) groups excluding carboxylic acids is 1. The van der Waals surface area contributed by atoms with E-state index in [0.717, 1.165) is 12.0 Å². The Morgan fingerprint density at radius 2 is 2.06 bits per heavy atom. The molecule has 10 nitrogen and oxygen atoms in total. The second-order valence-electron chi connectivity index (χ2n) is 8.07. The zero-order valence-electron chi connectivity index (χ0n) is 19.0. The number of anilines is 2. The number of ether oxygens (including phenoxy) is 1. The van der Waals surface area contributed by atoms with Crippen molar-refractivity contribution in [2.75, 3.05) is 23.9 Å². The Morgan fingerprint density at radius 1 is 1.26 bits per heavy atom. The summed E-state index contributed by atoms with van der Waals surface area (Å²) in [5, 5.41) is 17.2. The number of hydrogen-bond donors (Lipinski definition) is 3. The van der Waals surface area contributed by atoms with E-state index in [1.165, 1.54) is 6.20 Å². The van der Waals surface area contributed by atoms with Gasteiger partial charge in [0.2, 0.25) is 5.95 Å². The number of hydrogen-bond acceptors (Lipinski definition) is 9. The van der Waals surface area contributed by atoms with Gasteiger partial charge in [-0.2, -0.15) is 4.98 Å². The zero-order valence-corrected chi connectivity index (χ0v) is 19.7. The van der Waals surface area contributed by atoms with E-state index in [0.29, 0.717) is 47.9 Å². The van der Waals surface area contributed by atoms with E-state index < -0.39 is 5.72 Å². The standard InChI is InChI=1S/C23H26ClN7O3/c1-23(33)7-3-10-31(23)22-29-13-16(21(32)28-14-19-25-8-4-9-26-19)20(30-22)27-12-15-5-6-18(34-2)17(24)11-15/h4-6,8-9,11,13,33H,3,7,10,12,14H2,1-2H3,(H,28,32)(H,27,29,30)/t23-/m0/s1. The zero-order chi connectivity index (χ0) is 24.1. The Hall–Kier alpha value is -3.50. The number of aliphatic hydroxyl groups is 1. The molecule has 1 fully saturated rings. The Bertz CT molecular complexity index is 1160. The first-order valence-electron chi connectivity index (χ1n) is 10.8. The van der Waals surface area contributed by atoms with E-state index in [1.54, 1.807) is 49.5 Å². The first kappa shape index (κ1) is 23.7. The maximum atomic E-state index is 13.0. The van der Waals surface area contributed by atoms with E-state index in [-0.39, 0.29) is 18.0 Å². The van der Waals surface area contributed by atoms with Crippen molar-refractivity contribution < 1.29 is 14.6 Å². The minimum atomic E-state index is -1.05. The predicted octanol–water partition coefficient (Wildman–Crippen LogP) is 2.78. The van der Waals surface area contributed by atoms with Crippen LogP contribution in [0.25, 0.3) is 0 Å². The SMILES string of the molecule is COc1ccc(CNc2nc(N3CCC[C@]3(C)O)ncc2C(=O)NCc2ncccn2)cc1Cl. The third-order valence-corrected chi connectivity index (χ3v) is 5.87. The average molecular weight is 484 g/mol. The highest BCUT2D eigenvalue weighted by molar-refractivity contribution is 6.32. The highest BCUT2D eigenvalue weighted by Crippen LogP contribution is 2.31. The summed E-state index contributed by atoms with van der Waals surface area (Å²) in [7, 11) is 1.56. The summed E-state index contributed by atoms with van der Waals surface area (Å²) < 4.78 is 5.20. The number of halogens is 1. The van der Waals surface area contributed by atoms with Gasteiger partial charge in [-0.3, -0.25) is 4.79 Å². The van der Waals surface area contributed by atoms with Crippen LogP contribution in [0.15, 0.2) is 42.9 Å². The van der Waals surface area contributed by atoms with Gasteiger partial charge in [0.05, 0.1) is 18.7 Å². The van der Waals surface area contributed by atoms with Crippen molar-refractivity contribution >= 4 is 29.3 Å². The number of amides is 1. The summed E-state index contributed by atoms with van der Waals surface area (Å²) in [4.78, 5) is 31.9. The number of methoxy groups -OCH3 is 1. The van der Waals surface area contributed by atoms with Crippen molar-refractivity contribution in [3.63, 3.8) is 0 Å². The molecule has 1 aromatic carbocycles. The van der Waals surface area contributed by atoms with E-state index in [1.807, 2.05) is 6.07 Å². The molecule has 34 heavy (non-hydrogen) atoms. The smallest absolute Gasteiger partial charge is 0.256 e. The molecular weight excluding hydrogens is 458 g/mol. The molecule has 0 bridgehead atoms. The maximum Gasteiger partial charge on any atom is 0.256 e. The van der Waals surface area contributed by atoms with E-state index in [2.05, 4.69) is 30.6 Å². The molecule has 0 unspecified atom stereocenters. The summed E-state index contributed by atoms with van der Waals surface area (Å²) in [6, 6.07) is 7.14. The average Bonchev–Trinajstić information content (AvgIpc) is 3.20. The van der Waals surface area contributed by atoms with E-state index >= 15 is 0 Å². The summed E-state index contributed by atoms with van der Waals surface area (Å²) in [6.07, 6.45) is 6.12. The highest BCUT2D eigenvalue weighted by atomic mass is 35.5. The molecule has 0 saturated carbocycles. The van der Waals surface area contributed by atoms with Gasteiger partial charge in [0.15, 0.2) is 0 Å². The predicted molar refractivity (Wildman–Crippen MR) is 128 cm³/mol. The number of rotatable bonds is 8. The van der Waals surface area contributed by atoms with Gasteiger partial charge in [-0.25, -0.2) is 15.0 Å². The minimum absolute atomic E-state index is 0.162. The van der Waals surface area contributed by atoms with Crippen molar-refractivity contribution in [3.05, 3.63) is 64.8 Å². The first-order chi connectivity index (χ1) is 16.4. The fourth-order valence-electron chi connectivity index (χ4n) is 3.75. The van der Waals surface area contributed by atoms with Crippen LogP contribution in [0.4, 0.5) is 11.8 Å². The van der Waals surface area contributed by atoms with Gasteiger partial charge in [0, 0.05) is 31.7 Å². The van der Waals surface area contributed by atoms with Crippen molar-refractivity contribution in [1.29, 1.82) is 0 Å². The molecule has 2 aromatic heterocycles. The lowest BCUT2D eigenvalue weighted by atomic mass is 10.2. The Morgan fingerprint density at radius 3 is 2.74 bits per heavy atom. The summed E-state index contributed by atoms with van der Waals surface area (Å²) >= 11 is 6.25. The monoisotopic (exact) mass is 483 g/mol. The molecule has 1 saturated heterocycles.